The molecule has 0 radical (unpaired) electrons. The molecule has 2 nitrogen and oxygen atoms in total. The maximum Gasteiger partial charge on any atom is 0.0157 e. The summed E-state index contributed by atoms with van der Waals surface area (Å²) in [6.07, 6.45) is 5.40. The van der Waals surface area contributed by atoms with Gasteiger partial charge < -0.3 is 10.6 Å². The van der Waals surface area contributed by atoms with Crippen LogP contribution in [0.3, 0.4) is 0 Å². The molecule has 0 aromatic carbocycles. The number of rotatable bonds is 2. The quantitative estimate of drug-likeness (QED) is 0.617. The zero-order valence-electron chi connectivity index (χ0n) is 7.32. The zero-order valence-corrected chi connectivity index (χ0v) is 7.32. The summed E-state index contributed by atoms with van der Waals surface area (Å²) in [6.45, 7) is 4.75. The zero-order chi connectivity index (χ0) is 7.73. The van der Waals surface area contributed by atoms with Gasteiger partial charge in [0.05, 0.1) is 0 Å². The highest BCUT2D eigenvalue weighted by molar-refractivity contribution is 4.99. The van der Waals surface area contributed by atoms with Crippen LogP contribution in [0.1, 0.15) is 32.6 Å². The standard InChI is InChI=1S/C9H18N2/c1-9(4-5-9)11-8-2-6-10-7-3-8/h8,10-11H,2-7H2,1H3. The van der Waals surface area contributed by atoms with Crippen LogP contribution < -0.4 is 10.6 Å². The average Bonchev–Trinajstić information content (AvgIpc) is 2.70. The number of hydrogen-bond acceptors (Lipinski definition) is 2. The van der Waals surface area contributed by atoms with E-state index in [0.717, 1.165) is 6.04 Å². The summed E-state index contributed by atoms with van der Waals surface area (Å²) in [6, 6.07) is 0.795. The van der Waals surface area contributed by atoms with Crippen LogP contribution in [0, 0.1) is 0 Å². The van der Waals surface area contributed by atoms with E-state index in [2.05, 4.69) is 17.6 Å². The van der Waals surface area contributed by atoms with Gasteiger partial charge in [-0.1, -0.05) is 0 Å². The van der Waals surface area contributed by atoms with E-state index in [-0.39, 0.29) is 0 Å². The molecular formula is C9H18N2. The Hall–Kier alpha value is -0.0800. The number of piperidine rings is 1. The first kappa shape index (κ1) is 7.56. The second-order valence-corrected chi connectivity index (χ2v) is 4.23. The normalized spacial score (nSPS) is 30.3. The largest absolute Gasteiger partial charge is 0.317 e. The molecule has 1 heterocycles. The smallest absolute Gasteiger partial charge is 0.0157 e. The van der Waals surface area contributed by atoms with Crippen molar-refractivity contribution in [2.75, 3.05) is 13.1 Å². The van der Waals surface area contributed by atoms with E-state index in [1.807, 2.05) is 0 Å². The molecule has 0 spiro atoms. The molecule has 1 aliphatic heterocycles. The Balaban J connectivity index is 1.76. The van der Waals surface area contributed by atoms with Crippen molar-refractivity contribution in [3.8, 4) is 0 Å². The Kier molecular flexibility index (Phi) is 1.90. The van der Waals surface area contributed by atoms with Gasteiger partial charge in [-0.05, 0) is 45.7 Å². The molecule has 2 fully saturated rings. The monoisotopic (exact) mass is 154 g/mol. The van der Waals surface area contributed by atoms with E-state index in [4.69, 9.17) is 0 Å². The Morgan fingerprint density at radius 3 is 2.45 bits per heavy atom. The summed E-state index contributed by atoms with van der Waals surface area (Å²) in [7, 11) is 0. The maximum atomic E-state index is 3.73. The van der Waals surface area contributed by atoms with Crippen LogP contribution in [0.4, 0.5) is 0 Å². The third-order valence-electron chi connectivity index (χ3n) is 2.89. The van der Waals surface area contributed by atoms with Gasteiger partial charge in [-0.15, -0.1) is 0 Å². The lowest BCUT2D eigenvalue weighted by atomic mass is 10.1. The Morgan fingerprint density at radius 2 is 1.91 bits per heavy atom. The summed E-state index contributed by atoms with van der Waals surface area (Å²) in [5.74, 6) is 0. The fourth-order valence-electron chi connectivity index (χ4n) is 1.79. The summed E-state index contributed by atoms with van der Waals surface area (Å²) >= 11 is 0. The summed E-state index contributed by atoms with van der Waals surface area (Å²) in [5, 5.41) is 7.11. The fraction of sp³-hybridized carbons (Fsp3) is 1.00. The molecular weight excluding hydrogens is 136 g/mol. The Labute approximate surface area is 68.7 Å². The second-order valence-electron chi connectivity index (χ2n) is 4.23. The van der Waals surface area contributed by atoms with Crippen LogP contribution in [0.15, 0.2) is 0 Å². The lowest BCUT2D eigenvalue weighted by Crippen LogP contribution is -2.44. The summed E-state index contributed by atoms with van der Waals surface area (Å²) in [4.78, 5) is 0. The van der Waals surface area contributed by atoms with Gasteiger partial charge in [-0.2, -0.15) is 0 Å². The Bertz CT molecular complexity index is 134. The third kappa shape index (κ3) is 1.94. The molecule has 0 unspecified atom stereocenters. The van der Waals surface area contributed by atoms with E-state index in [1.54, 1.807) is 0 Å². The predicted octanol–water partition coefficient (Wildman–Crippen LogP) is 0.880. The third-order valence-corrected chi connectivity index (χ3v) is 2.89. The summed E-state index contributed by atoms with van der Waals surface area (Å²) in [5.41, 5.74) is 0.530. The van der Waals surface area contributed by atoms with Crippen molar-refractivity contribution in [1.82, 2.24) is 10.6 Å². The van der Waals surface area contributed by atoms with Crippen molar-refractivity contribution in [3.63, 3.8) is 0 Å². The van der Waals surface area contributed by atoms with Gasteiger partial charge >= 0.3 is 0 Å². The topological polar surface area (TPSA) is 24.1 Å². The lowest BCUT2D eigenvalue weighted by Gasteiger charge is -2.27. The molecule has 2 heteroatoms. The van der Waals surface area contributed by atoms with E-state index >= 15 is 0 Å². The van der Waals surface area contributed by atoms with Gasteiger partial charge in [0.2, 0.25) is 0 Å². The molecule has 0 aromatic rings. The second kappa shape index (κ2) is 2.76. The highest BCUT2D eigenvalue weighted by Gasteiger charge is 2.38. The molecule has 2 rings (SSSR count). The van der Waals surface area contributed by atoms with E-state index < -0.39 is 0 Å². The number of nitrogens with one attached hydrogen (secondary N) is 2. The van der Waals surface area contributed by atoms with Crippen LogP contribution in [0.2, 0.25) is 0 Å². The maximum absolute atomic E-state index is 3.73. The van der Waals surface area contributed by atoms with E-state index in [9.17, 15) is 0 Å². The molecule has 0 aromatic heterocycles. The highest BCUT2D eigenvalue weighted by atomic mass is 15.1. The first-order valence-corrected chi connectivity index (χ1v) is 4.77. The van der Waals surface area contributed by atoms with Crippen molar-refractivity contribution in [1.29, 1.82) is 0 Å². The minimum atomic E-state index is 0.530. The summed E-state index contributed by atoms with van der Waals surface area (Å²) < 4.78 is 0. The van der Waals surface area contributed by atoms with Gasteiger partial charge in [0.25, 0.3) is 0 Å². The SMILES string of the molecule is CC1(NC2CCNCC2)CC1. The molecule has 1 saturated carbocycles. The molecule has 2 N–H and O–H groups in total. The van der Waals surface area contributed by atoms with Crippen LogP contribution in [-0.2, 0) is 0 Å². The molecule has 0 atom stereocenters. The average molecular weight is 154 g/mol. The minimum Gasteiger partial charge on any atom is -0.317 e. The number of hydrogen-bond donors (Lipinski definition) is 2. The predicted molar refractivity (Wildman–Crippen MR) is 46.7 cm³/mol. The van der Waals surface area contributed by atoms with E-state index in [1.165, 1.54) is 38.8 Å². The van der Waals surface area contributed by atoms with Crippen LogP contribution in [-0.4, -0.2) is 24.7 Å². The van der Waals surface area contributed by atoms with Crippen molar-refractivity contribution in [3.05, 3.63) is 0 Å². The van der Waals surface area contributed by atoms with Crippen LogP contribution in [0.25, 0.3) is 0 Å². The van der Waals surface area contributed by atoms with Crippen molar-refractivity contribution >= 4 is 0 Å². The van der Waals surface area contributed by atoms with E-state index in [0.29, 0.717) is 5.54 Å². The molecule has 0 bridgehead atoms. The fourth-order valence-corrected chi connectivity index (χ4v) is 1.79. The molecule has 1 aliphatic carbocycles. The van der Waals surface area contributed by atoms with Gasteiger partial charge in [0.1, 0.15) is 0 Å². The van der Waals surface area contributed by atoms with Crippen LogP contribution >= 0.6 is 0 Å². The van der Waals surface area contributed by atoms with Crippen molar-refractivity contribution < 1.29 is 0 Å². The minimum absolute atomic E-state index is 0.530. The van der Waals surface area contributed by atoms with Crippen molar-refractivity contribution in [2.24, 2.45) is 0 Å². The first-order valence-electron chi connectivity index (χ1n) is 4.77. The molecule has 1 saturated heterocycles. The highest BCUT2D eigenvalue weighted by Crippen LogP contribution is 2.35. The molecule has 2 aliphatic rings. The Morgan fingerprint density at radius 1 is 1.27 bits per heavy atom. The van der Waals surface area contributed by atoms with Gasteiger partial charge in [-0.3, -0.25) is 0 Å². The van der Waals surface area contributed by atoms with Gasteiger partial charge in [-0.25, -0.2) is 0 Å². The van der Waals surface area contributed by atoms with Gasteiger partial charge in [0.15, 0.2) is 0 Å². The molecule has 0 amide bonds. The first-order chi connectivity index (χ1) is 5.29. The van der Waals surface area contributed by atoms with Crippen LogP contribution in [0.5, 0.6) is 0 Å². The molecule has 11 heavy (non-hydrogen) atoms. The lowest BCUT2D eigenvalue weighted by molar-refractivity contribution is 0.347. The van der Waals surface area contributed by atoms with Gasteiger partial charge in [0, 0.05) is 11.6 Å². The van der Waals surface area contributed by atoms with Crippen molar-refractivity contribution in [2.45, 2.75) is 44.2 Å². The molecule has 64 valence electrons.